The summed E-state index contributed by atoms with van der Waals surface area (Å²) < 4.78 is 18.6. The van der Waals surface area contributed by atoms with Crippen molar-refractivity contribution in [2.45, 2.75) is 65.3 Å². The lowest BCUT2D eigenvalue weighted by Crippen LogP contribution is -2.51. The van der Waals surface area contributed by atoms with Crippen LogP contribution in [0.3, 0.4) is 0 Å². The molecule has 0 aliphatic carbocycles. The Hall–Kier alpha value is -2.53. The van der Waals surface area contributed by atoms with Gasteiger partial charge in [0.2, 0.25) is 0 Å². The molecule has 30 heavy (non-hydrogen) atoms. The Labute approximate surface area is 179 Å². The van der Waals surface area contributed by atoms with Crippen molar-refractivity contribution in [1.29, 1.82) is 0 Å². The molecule has 1 aliphatic heterocycles. The van der Waals surface area contributed by atoms with E-state index in [9.17, 15) is 4.79 Å². The van der Waals surface area contributed by atoms with Gasteiger partial charge in [0.1, 0.15) is 17.5 Å². The molecular weight excluding hydrogens is 378 g/mol. The zero-order chi connectivity index (χ0) is 21.7. The molecule has 1 N–H and O–H groups in total. The SMILES string of the molecule is CCCCOC1c2cc(NCC)ccc2OC(C)(C)C1OC(=O)c1ccc(C)cc1. The van der Waals surface area contributed by atoms with Gasteiger partial charge in [-0.05, 0) is 64.4 Å². The van der Waals surface area contributed by atoms with E-state index in [-0.39, 0.29) is 5.97 Å². The van der Waals surface area contributed by atoms with E-state index in [2.05, 4.69) is 19.2 Å². The fourth-order valence-electron chi connectivity index (χ4n) is 3.66. The highest BCUT2D eigenvalue weighted by atomic mass is 16.6. The number of esters is 1. The number of fused-ring (bicyclic) bond motifs is 1. The predicted molar refractivity (Wildman–Crippen MR) is 119 cm³/mol. The number of nitrogens with one attached hydrogen (secondary N) is 1. The van der Waals surface area contributed by atoms with Crippen LogP contribution in [-0.4, -0.2) is 30.8 Å². The minimum Gasteiger partial charge on any atom is -0.483 e. The molecule has 0 spiro atoms. The van der Waals surface area contributed by atoms with Crippen LogP contribution in [0, 0.1) is 6.92 Å². The van der Waals surface area contributed by atoms with Gasteiger partial charge in [0.05, 0.1) is 5.56 Å². The van der Waals surface area contributed by atoms with Crippen LogP contribution in [-0.2, 0) is 9.47 Å². The predicted octanol–water partition coefficient (Wildman–Crippen LogP) is 5.68. The van der Waals surface area contributed by atoms with Gasteiger partial charge in [0.25, 0.3) is 0 Å². The molecule has 1 heterocycles. The maximum atomic E-state index is 12.9. The summed E-state index contributed by atoms with van der Waals surface area (Å²) in [4.78, 5) is 12.9. The number of aryl methyl sites for hydroxylation is 1. The Kier molecular flexibility index (Phi) is 7.03. The Balaban J connectivity index is 1.94. The van der Waals surface area contributed by atoms with Crippen LogP contribution < -0.4 is 10.1 Å². The van der Waals surface area contributed by atoms with E-state index in [1.165, 1.54) is 0 Å². The monoisotopic (exact) mass is 411 g/mol. The summed E-state index contributed by atoms with van der Waals surface area (Å²) in [6, 6.07) is 13.4. The fraction of sp³-hybridized carbons (Fsp3) is 0.480. The third-order valence-corrected chi connectivity index (χ3v) is 5.35. The van der Waals surface area contributed by atoms with E-state index in [4.69, 9.17) is 14.2 Å². The fourth-order valence-corrected chi connectivity index (χ4v) is 3.66. The van der Waals surface area contributed by atoms with E-state index in [0.717, 1.165) is 42.0 Å². The number of ether oxygens (including phenoxy) is 3. The van der Waals surface area contributed by atoms with Gasteiger partial charge in [-0.15, -0.1) is 0 Å². The number of benzene rings is 2. The number of hydrogen-bond donors (Lipinski definition) is 1. The smallest absolute Gasteiger partial charge is 0.338 e. The molecule has 2 aromatic rings. The second-order valence-electron chi connectivity index (χ2n) is 8.33. The molecule has 5 heteroatoms. The summed E-state index contributed by atoms with van der Waals surface area (Å²) in [5, 5.41) is 3.33. The normalized spacial score (nSPS) is 19.5. The highest BCUT2D eigenvalue weighted by molar-refractivity contribution is 5.89. The van der Waals surface area contributed by atoms with Crippen molar-refractivity contribution in [3.63, 3.8) is 0 Å². The molecule has 0 saturated heterocycles. The number of carbonyl (C=O) groups excluding carboxylic acids is 1. The molecule has 0 aromatic heterocycles. The molecule has 2 aromatic carbocycles. The first-order chi connectivity index (χ1) is 14.4. The van der Waals surface area contributed by atoms with Gasteiger partial charge in [-0.1, -0.05) is 31.0 Å². The highest BCUT2D eigenvalue weighted by Crippen LogP contribution is 2.44. The standard InChI is InChI=1S/C25H33NO4/c1-6-8-15-28-22-20-16-19(26-7-2)13-14-21(20)30-25(4,5)23(22)29-24(27)18-11-9-17(3)10-12-18/h9-14,16,22-23,26H,6-8,15H2,1-5H3. The summed E-state index contributed by atoms with van der Waals surface area (Å²) in [5.41, 5.74) is 2.79. The number of anilines is 1. The third-order valence-electron chi connectivity index (χ3n) is 5.35. The van der Waals surface area contributed by atoms with E-state index in [1.54, 1.807) is 12.1 Å². The van der Waals surface area contributed by atoms with Crippen molar-refractivity contribution in [2.75, 3.05) is 18.5 Å². The van der Waals surface area contributed by atoms with Gasteiger partial charge in [-0.25, -0.2) is 4.79 Å². The molecule has 3 rings (SSSR count). The Bertz CT molecular complexity index is 860. The Morgan fingerprint density at radius 3 is 2.53 bits per heavy atom. The quantitative estimate of drug-likeness (QED) is 0.447. The average Bonchev–Trinajstić information content (AvgIpc) is 2.71. The molecular formula is C25H33NO4. The van der Waals surface area contributed by atoms with Crippen molar-refractivity contribution >= 4 is 11.7 Å². The van der Waals surface area contributed by atoms with Crippen LogP contribution in [0.15, 0.2) is 42.5 Å². The lowest BCUT2D eigenvalue weighted by molar-refractivity contribution is -0.140. The second-order valence-corrected chi connectivity index (χ2v) is 8.33. The van der Waals surface area contributed by atoms with E-state index < -0.39 is 17.8 Å². The topological polar surface area (TPSA) is 56.8 Å². The largest absolute Gasteiger partial charge is 0.483 e. The molecule has 0 saturated carbocycles. The molecule has 0 fully saturated rings. The third kappa shape index (κ3) is 4.96. The van der Waals surface area contributed by atoms with Gasteiger partial charge >= 0.3 is 5.97 Å². The number of unbranched alkanes of at least 4 members (excludes halogenated alkanes) is 1. The van der Waals surface area contributed by atoms with Gasteiger partial charge in [-0.3, -0.25) is 0 Å². The van der Waals surface area contributed by atoms with Gasteiger partial charge in [0, 0.05) is 24.4 Å². The first kappa shape index (κ1) is 22.2. The Morgan fingerprint density at radius 1 is 1.13 bits per heavy atom. The second kappa shape index (κ2) is 9.52. The van der Waals surface area contributed by atoms with Crippen LogP contribution in [0.4, 0.5) is 5.69 Å². The van der Waals surface area contributed by atoms with Gasteiger partial charge in [0.15, 0.2) is 6.10 Å². The summed E-state index contributed by atoms with van der Waals surface area (Å²) in [6.45, 7) is 11.5. The molecule has 0 radical (unpaired) electrons. The summed E-state index contributed by atoms with van der Waals surface area (Å²) in [5.74, 6) is 0.401. The molecule has 5 nitrogen and oxygen atoms in total. The molecule has 2 atom stereocenters. The summed E-state index contributed by atoms with van der Waals surface area (Å²) in [7, 11) is 0. The molecule has 0 amide bonds. The number of carbonyl (C=O) groups is 1. The van der Waals surface area contributed by atoms with Crippen molar-refractivity contribution in [3.8, 4) is 5.75 Å². The molecule has 0 bridgehead atoms. The van der Waals surface area contributed by atoms with E-state index in [1.807, 2.05) is 51.1 Å². The number of hydrogen-bond acceptors (Lipinski definition) is 5. The van der Waals surface area contributed by atoms with Crippen molar-refractivity contribution in [1.82, 2.24) is 0 Å². The first-order valence-electron chi connectivity index (χ1n) is 10.8. The van der Waals surface area contributed by atoms with Crippen molar-refractivity contribution in [2.24, 2.45) is 0 Å². The van der Waals surface area contributed by atoms with Crippen LogP contribution >= 0.6 is 0 Å². The lowest BCUT2D eigenvalue weighted by atomic mass is 9.87. The van der Waals surface area contributed by atoms with Gasteiger partial charge in [-0.2, -0.15) is 0 Å². The minimum absolute atomic E-state index is 0.368. The van der Waals surface area contributed by atoms with Crippen molar-refractivity contribution in [3.05, 3.63) is 59.2 Å². The zero-order valence-corrected chi connectivity index (χ0v) is 18.7. The Morgan fingerprint density at radius 2 is 1.87 bits per heavy atom. The van der Waals surface area contributed by atoms with E-state index in [0.29, 0.717) is 12.2 Å². The molecule has 1 aliphatic rings. The highest BCUT2D eigenvalue weighted by Gasteiger charge is 2.47. The maximum Gasteiger partial charge on any atom is 0.338 e. The van der Waals surface area contributed by atoms with Gasteiger partial charge < -0.3 is 19.5 Å². The van der Waals surface area contributed by atoms with E-state index >= 15 is 0 Å². The summed E-state index contributed by atoms with van der Waals surface area (Å²) >= 11 is 0. The molecule has 162 valence electrons. The maximum absolute atomic E-state index is 12.9. The number of rotatable bonds is 8. The van der Waals surface area contributed by atoms with Crippen LogP contribution in [0.5, 0.6) is 5.75 Å². The lowest BCUT2D eigenvalue weighted by Gasteiger charge is -2.43. The average molecular weight is 412 g/mol. The minimum atomic E-state index is -0.732. The molecule has 2 unspecified atom stereocenters. The first-order valence-corrected chi connectivity index (χ1v) is 10.8. The van der Waals surface area contributed by atoms with Crippen LogP contribution in [0.2, 0.25) is 0 Å². The van der Waals surface area contributed by atoms with Crippen molar-refractivity contribution < 1.29 is 19.0 Å². The summed E-state index contributed by atoms with van der Waals surface area (Å²) in [6.07, 6.45) is 0.999. The zero-order valence-electron chi connectivity index (χ0n) is 18.7. The van der Waals surface area contributed by atoms with Crippen LogP contribution in [0.25, 0.3) is 0 Å². The van der Waals surface area contributed by atoms with Crippen LogP contribution in [0.1, 0.15) is 68.1 Å².